The van der Waals surface area contributed by atoms with Gasteiger partial charge in [0, 0.05) is 43.1 Å². The van der Waals surface area contributed by atoms with Crippen LogP contribution in [0.5, 0.6) is 5.75 Å². The van der Waals surface area contributed by atoms with Crippen LogP contribution in [0.25, 0.3) is 22.5 Å². The summed E-state index contributed by atoms with van der Waals surface area (Å²) in [5, 5.41) is 8.82. The Morgan fingerprint density at radius 1 is 1.20 bits per heavy atom. The quantitative estimate of drug-likeness (QED) is 0.224. The molecule has 4 heterocycles. The lowest BCUT2D eigenvalue weighted by molar-refractivity contribution is 0.356. The van der Waals surface area contributed by atoms with Crippen LogP contribution in [0.2, 0.25) is 0 Å². The standard InChI is InChI=1S/C21H24N8O4S2/c22-19-18-20(26-12-25-19)29(7-6-24-4-5-27-35(23,30)31)21(28-18)34-17-11-16-13(3-9-33-16)10-14(17)15-2-1-8-32-15/h1-2,8,10-12,24,27H,3-7,9H2,(H2,22,25,26)(H2,23,30,31). The molecule has 5 rings (SSSR count). The highest BCUT2D eigenvalue weighted by Gasteiger charge is 2.22. The highest BCUT2D eigenvalue weighted by Crippen LogP contribution is 2.42. The van der Waals surface area contributed by atoms with Gasteiger partial charge < -0.3 is 24.8 Å². The van der Waals surface area contributed by atoms with E-state index < -0.39 is 10.2 Å². The molecule has 4 aromatic rings. The largest absolute Gasteiger partial charge is 0.493 e. The van der Waals surface area contributed by atoms with Gasteiger partial charge >= 0.3 is 0 Å². The first-order valence-electron chi connectivity index (χ1n) is 10.9. The number of anilines is 1. The van der Waals surface area contributed by atoms with Gasteiger partial charge in [0.05, 0.1) is 12.9 Å². The second kappa shape index (κ2) is 9.83. The molecule has 0 unspecified atom stereocenters. The maximum atomic E-state index is 11.0. The number of nitrogens with zero attached hydrogens (tertiary/aromatic N) is 4. The third-order valence-corrected chi connectivity index (χ3v) is 7.08. The Morgan fingerprint density at radius 3 is 2.89 bits per heavy atom. The molecule has 0 radical (unpaired) electrons. The monoisotopic (exact) mass is 516 g/mol. The molecule has 0 amide bonds. The molecular weight excluding hydrogens is 492 g/mol. The Kier molecular flexibility index (Phi) is 6.62. The molecular formula is C21H24N8O4S2. The topological polar surface area (TPSA) is 176 Å². The first-order valence-corrected chi connectivity index (χ1v) is 13.2. The minimum absolute atomic E-state index is 0.182. The van der Waals surface area contributed by atoms with E-state index in [-0.39, 0.29) is 6.54 Å². The number of nitrogens with one attached hydrogen (secondary N) is 2. The number of imidazole rings is 1. The number of nitrogen functional groups attached to an aromatic ring is 1. The van der Waals surface area contributed by atoms with Crippen molar-refractivity contribution in [3.05, 3.63) is 42.4 Å². The molecule has 0 aliphatic carbocycles. The Labute approximate surface area is 205 Å². The van der Waals surface area contributed by atoms with E-state index in [0.29, 0.717) is 48.4 Å². The number of benzene rings is 1. The van der Waals surface area contributed by atoms with Gasteiger partial charge in [0.15, 0.2) is 22.1 Å². The minimum atomic E-state index is -3.71. The number of ether oxygens (including phenoxy) is 1. The summed E-state index contributed by atoms with van der Waals surface area (Å²) in [6.07, 6.45) is 3.91. The first-order chi connectivity index (χ1) is 16.9. The lowest BCUT2D eigenvalue weighted by Crippen LogP contribution is -2.36. The summed E-state index contributed by atoms with van der Waals surface area (Å²) < 4.78 is 37.7. The average molecular weight is 517 g/mol. The normalized spacial score (nSPS) is 13.3. The van der Waals surface area contributed by atoms with Gasteiger partial charge in [-0.1, -0.05) is 11.8 Å². The molecule has 1 aromatic carbocycles. The molecule has 0 atom stereocenters. The zero-order valence-electron chi connectivity index (χ0n) is 18.6. The molecule has 14 heteroatoms. The Hall–Kier alpha value is -3.17. The Morgan fingerprint density at radius 2 is 2.09 bits per heavy atom. The van der Waals surface area contributed by atoms with Crippen molar-refractivity contribution < 1.29 is 17.6 Å². The SMILES string of the molecule is Nc1ncnc2c1nc(Sc1cc3c(cc1-c1ccco1)CCO3)n2CCNCCNS(N)(=O)=O. The molecule has 0 bridgehead atoms. The molecule has 1 aliphatic rings. The van der Waals surface area contributed by atoms with Gasteiger partial charge in [-0.2, -0.15) is 8.42 Å². The molecule has 0 fully saturated rings. The van der Waals surface area contributed by atoms with E-state index >= 15 is 0 Å². The van der Waals surface area contributed by atoms with Crippen LogP contribution in [0, 0.1) is 0 Å². The summed E-state index contributed by atoms with van der Waals surface area (Å²) in [6, 6.07) is 7.90. The van der Waals surface area contributed by atoms with E-state index in [0.717, 1.165) is 34.0 Å². The van der Waals surface area contributed by atoms with Crippen LogP contribution in [0.3, 0.4) is 0 Å². The number of hydrogen-bond acceptors (Lipinski definition) is 10. The third kappa shape index (κ3) is 5.26. The molecule has 0 saturated heterocycles. The van der Waals surface area contributed by atoms with E-state index in [1.54, 1.807) is 6.26 Å². The molecule has 6 N–H and O–H groups in total. The number of hydrogen-bond donors (Lipinski definition) is 4. The number of furan rings is 1. The summed E-state index contributed by atoms with van der Waals surface area (Å²) in [5.74, 6) is 1.91. The van der Waals surface area contributed by atoms with E-state index in [1.807, 2.05) is 22.8 Å². The third-order valence-electron chi connectivity index (χ3n) is 5.42. The average Bonchev–Trinajstić information content (AvgIpc) is 3.56. The predicted molar refractivity (Wildman–Crippen MR) is 131 cm³/mol. The van der Waals surface area contributed by atoms with Gasteiger partial charge in [-0.3, -0.25) is 0 Å². The lowest BCUT2D eigenvalue weighted by Gasteiger charge is -2.12. The van der Waals surface area contributed by atoms with Crippen LogP contribution in [0.4, 0.5) is 5.82 Å². The zero-order chi connectivity index (χ0) is 24.4. The number of nitrogens with two attached hydrogens (primary N) is 2. The summed E-state index contributed by atoms with van der Waals surface area (Å²) in [4.78, 5) is 14.1. The number of rotatable bonds is 10. The van der Waals surface area contributed by atoms with Crippen molar-refractivity contribution in [2.75, 3.05) is 32.0 Å². The highest BCUT2D eigenvalue weighted by molar-refractivity contribution is 7.99. The van der Waals surface area contributed by atoms with Crippen LogP contribution >= 0.6 is 11.8 Å². The highest BCUT2D eigenvalue weighted by atomic mass is 32.2. The molecule has 184 valence electrons. The van der Waals surface area contributed by atoms with Crippen LogP contribution in [0.1, 0.15) is 5.56 Å². The van der Waals surface area contributed by atoms with Crippen molar-refractivity contribution in [3.63, 3.8) is 0 Å². The van der Waals surface area contributed by atoms with Crippen molar-refractivity contribution in [1.29, 1.82) is 0 Å². The lowest BCUT2D eigenvalue weighted by atomic mass is 10.1. The molecule has 1 aliphatic heterocycles. The fourth-order valence-electron chi connectivity index (χ4n) is 3.82. The van der Waals surface area contributed by atoms with Gasteiger partial charge in [0.25, 0.3) is 10.2 Å². The van der Waals surface area contributed by atoms with Gasteiger partial charge in [-0.05, 0) is 29.8 Å². The van der Waals surface area contributed by atoms with Gasteiger partial charge in [0.2, 0.25) is 0 Å². The van der Waals surface area contributed by atoms with Crippen LogP contribution < -0.4 is 25.6 Å². The fraction of sp³-hybridized carbons (Fsp3) is 0.286. The summed E-state index contributed by atoms with van der Waals surface area (Å²) in [6.45, 7) is 2.29. The van der Waals surface area contributed by atoms with Crippen molar-refractivity contribution >= 4 is 39.0 Å². The molecule has 3 aromatic heterocycles. The van der Waals surface area contributed by atoms with Crippen molar-refractivity contribution in [1.82, 2.24) is 29.6 Å². The summed E-state index contributed by atoms with van der Waals surface area (Å²) in [7, 11) is -3.71. The van der Waals surface area contributed by atoms with Gasteiger partial charge in [0.1, 0.15) is 17.8 Å². The van der Waals surface area contributed by atoms with E-state index in [2.05, 4.69) is 26.1 Å². The maximum absolute atomic E-state index is 11.0. The van der Waals surface area contributed by atoms with Gasteiger partial charge in [-0.25, -0.2) is 24.8 Å². The Balaban J connectivity index is 1.43. The molecule has 0 spiro atoms. The van der Waals surface area contributed by atoms with Crippen LogP contribution in [-0.4, -0.2) is 54.2 Å². The maximum Gasteiger partial charge on any atom is 0.274 e. The first kappa shape index (κ1) is 23.6. The minimum Gasteiger partial charge on any atom is -0.493 e. The predicted octanol–water partition coefficient (Wildman–Crippen LogP) is 1.14. The van der Waals surface area contributed by atoms with E-state index in [1.165, 1.54) is 18.1 Å². The van der Waals surface area contributed by atoms with Crippen molar-refractivity contribution in [2.45, 2.75) is 23.0 Å². The second-order valence-electron chi connectivity index (χ2n) is 7.80. The molecule has 35 heavy (non-hydrogen) atoms. The summed E-state index contributed by atoms with van der Waals surface area (Å²) >= 11 is 1.46. The van der Waals surface area contributed by atoms with Crippen molar-refractivity contribution in [3.8, 4) is 17.1 Å². The van der Waals surface area contributed by atoms with Crippen molar-refractivity contribution in [2.24, 2.45) is 5.14 Å². The number of aromatic nitrogens is 4. The molecule has 12 nitrogen and oxygen atoms in total. The number of fused-ring (bicyclic) bond motifs is 2. The summed E-state index contributed by atoms with van der Waals surface area (Å²) in [5.41, 5.74) is 9.31. The fourth-order valence-corrected chi connectivity index (χ4v) is 5.27. The van der Waals surface area contributed by atoms with E-state index in [4.69, 9.17) is 25.0 Å². The molecule has 0 saturated carbocycles. The Bertz CT molecular complexity index is 1450. The van der Waals surface area contributed by atoms with Gasteiger partial charge in [-0.15, -0.1) is 0 Å². The zero-order valence-corrected chi connectivity index (χ0v) is 20.2. The smallest absolute Gasteiger partial charge is 0.274 e. The second-order valence-corrected chi connectivity index (χ2v) is 10.2. The van der Waals surface area contributed by atoms with Crippen LogP contribution in [-0.2, 0) is 23.2 Å². The van der Waals surface area contributed by atoms with Crippen LogP contribution in [0.15, 0.2) is 51.3 Å². The van der Waals surface area contributed by atoms with E-state index in [9.17, 15) is 8.42 Å².